The van der Waals surface area contributed by atoms with Gasteiger partial charge in [0.15, 0.2) is 0 Å². The molecule has 21 heavy (non-hydrogen) atoms. The predicted molar refractivity (Wildman–Crippen MR) is 82.6 cm³/mol. The van der Waals surface area contributed by atoms with Crippen molar-refractivity contribution in [3.8, 4) is 0 Å². The summed E-state index contributed by atoms with van der Waals surface area (Å²) in [6.45, 7) is 8.14. The van der Waals surface area contributed by atoms with Crippen LogP contribution in [0.1, 0.15) is 26.3 Å². The van der Waals surface area contributed by atoms with Crippen molar-refractivity contribution in [2.75, 3.05) is 24.5 Å². The molecule has 2 rings (SSSR count). The highest BCUT2D eigenvalue weighted by Gasteiger charge is 2.37. The summed E-state index contributed by atoms with van der Waals surface area (Å²) in [5.74, 6) is 0. The summed E-state index contributed by atoms with van der Waals surface area (Å²) in [5.41, 5.74) is -0.306. The summed E-state index contributed by atoms with van der Waals surface area (Å²) in [6.07, 6.45) is -4.35. The van der Waals surface area contributed by atoms with Gasteiger partial charge in [-0.3, -0.25) is 0 Å². The lowest BCUT2D eigenvalue weighted by Gasteiger charge is -2.42. The first kappa shape index (κ1) is 16.6. The first-order valence-corrected chi connectivity index (χ1v) is 7.73. The van der Waals surface area contributed by atoms with Gasteiger partial charge in [-0.15, -0.1) is 0 Å². The van der Waals surface area contributed by atoms with E-state index in [0.29, 0.717) is 24.1 Å². The molecule has 1 aromatic carbocycles. The molecule has 1 fully saturated rings. The number of piperazine rings is 1. The SMILES string of the molecule is CC(C)(C)C1CN(c2ccc(Br)cc2C(F)(F)F)CCN1. The monoisotopic (exact) mass is 364 g/mol. The highest BCUT2D eigenvalue weighted by molar-refractivity contribution is 9.10. The zero-order valence-corrected chi connectivity index (χ0v) is 14.0. The Morgan fingerprint density at radius 1 is 1.24 bits per heavy atom. The molecule has 0 saturated carbocycles. The van der Waals surface area contributed by atoms with Crippen LogP contribution in [0.25, 0.3) is 0 Å². The minimum atomic E-state index is -4.35. The average Bonchev–Trinajstić information content (AvgIpc) is 2.37. The first-order chi connectivity index (χ1) is 9.59. The van der Waals surface area contributed by atoms with Crippen LogP contribution in [0.3, 0.4) is 0 Å². The number of hydrogen-bond acceptors (Lipinski definition) is 2. The van der Waals surface area contributed by atoms with Gasteiger partial charge >= 0.3 is 6.18 Å². The van der Waals surface area contributed by atoms with E-state index in [2.05, 4.69) is 42.0 Å². The van der Waals surface area contributed by atoms with Crippen LogP contribution >= 0.6 is 15.9 Å². The lowest BCUT2D eigenvalue weighted by atomic mass is 9.85. The van der Waals surface area contributed by atoms with Crippen molar-refractivity contribution in [3.05, 3.63) is 28.2 Å². The lowest BCUT2D eigenvalue weighted by Crippen LogP contribution is -2.56. The van der Waals surface area contributed by atoms with Crippen molar-refractivity contribution in [2.24, 2.45) is 5.41 Å². The van der Waals surface area contributed by atoms with Gasteiger partial charge in [0.1, 0.15) is 0 Å². The molecule has 1 aliphatic rings. The largest absolute Gasteiger partial charge is 0.418 e. The number of halogens is 4. The Morgan fingerprint density at radius 2 is 1.90 bits per heavy atom. The Balaban J connectivity index is 2.33. The summed E-state index contributed by atoms with van der Waals surface area (Å²) >= 11 is 3.13. The van der Waals surface area contributed by atoms with Gasteiger partial charge in [-0.2, -0.15) is 13.2 Å². The number of alkyl halides is 3. The van der Waals surface area contributed by atoms with Crippen LogP contribution in [0.4, 0.5) is 18.9 Å². The molecule has 1 aromatic rings. The van der Waals surface area contributed by atoms with E-state index in [4.69, 9.17) is 0 Å². The minimum absolute atomic E-state index is 0.00638. The number of benzene rings is 1. The Morgan fingerprint density at radius 3 is 2.48 bits per heavy atom. The fourth-order valence-corrected chi connectivity index (χ4v) is 2.92. The topological polar surface area (TPSA) is 15.3 Å². The van der Waals surface area contributed by atoms with Crippen molar-refractivity contribution in [2.45, 2.75) is 33.0 Å². The molecule has 1 heterocycles. The molecular formula is C15H20BrF3N2. The number of hydrogen-bond donors (Lipinski definition) is 1. The quantitative estimate of drug-likeness (QED) is 0.799. The summed E-state index contributed by atoms with van der Waals surface area (Å²) in [5, 5.41) is 3.40. The van der Waals surface area contributed by atoms with Crippen molar-refractivity contribution < 1.29 is 13.2 Å². The third kappa shape index (κ3) is 3.92. The molecule has 1 saturated heterocycles. The fraction of sp³-hybridized carbons (Fsp3) is 0.600. The molecule has 0 aliphatic carbocycles. The average molecular weight is 365 g/mol. The minimum Gasteiger partial charge on any atom is -0.368 e. The van der Waals surface area contributed by atoms with Gasteiger partial charge in [0.05, 0.1) is 5.56 Å². The van der Waals surface area contributed by atoms with E-state index in [1.54, 1.807) is 12.1 Å². The summed E-state index contributed by atoms with van der Waals surface area (Å²) < 4.78 is 40.2. The van der Waals surface area contributed by atoms with Gasteiger partial charge in [-0.1, -0.05) is 36.7 Å². The maximum atomic E-state index is 13.3. The number of anilines is 1. The molecule has 1 N–H and O–H groups in total. The molecule has 1 atom stereocenters. The van der Waals surface area contributed by atoms with Crippen LogP contribution in [0.15, 0.2) is 22.7 Å². The molecule has 0 spiro atoms. The molecule has 0 bridgehead atoms. The van der Waals surface area contributed by atoms with Crippen molar-refractivity contribution >= 4 is 21.6 Å². The Hall–Kier alpha value is -0.750. The Kier molecular flexibility index (Phi) is 4.59. The smallest absolute Gasteiger partial charge is 0.368 e. The lowest BCUT2D eigenvalue weighted by molar-refractivity contribution is -0.137. The summed E-state index contributed by atoms with van der Waals surface area (Å²) in [6, 6.07) is 4.54. The second-order valence-electron chi connectivity index (χ2n) is 6.48. The highest BCUT2D eigenvalue weighted by atomic mass is 79.9. The van der Waals surface area contributed by atoms with E-state index in [9.17, 15) is 13.2 Å². The van der Waals surface area contributed by atoms with E-state index in [-0.39, 0.29) is 17.1 Å². The maximum Gasteiger partial charge on any atom is 0.418 e. The third-order valence-electron chi connectivity index (χ3n) is 3.83. The molecule has 1 unspecified atom stereocenters. The zero-order chi connectivity index (χ0) is 15.8. The molecule has 0 radical (unpaired) electrons. The van der Waals surface area contributed by atoms with Gasteiger partial charge < -0.3 is 10.2 Å². The standard InChI is InChI=1S/C15H20BrF3N2/c1-14(2,3)13-9-21(7-6-20-13)12-5-4-10(16)8-11(12)15(17,18)19/h4-5,8,13,20H,6-7,9H2,1-3H3. The van der Waals surface area contributed by atoms with Crippen LogP contribution in [-0.2, 0) is 6.18 Å². The molecule has 2 nitrogen and oxygen atoms in total. The number of rotatable bonds is 1. The predicted octanol–water partition coefficient (Wildman–Crippen LogP) is 4.29. The summed E-state index contributed by atoms with van der Waals surface area (Å²) in [4.78, 5) is 1.84. The molecule has 6 heteroatoms. The van der Waals surface area contributed by atoms with Gasteiger partial charge in [0, 0.05) is 35.8 Å². The Bertz CT molecular complexity index is 509. The third-order valence-corrected chi connectivity index (χ3v) is 4.32. The highest BCUT2D eigenvalue weighted by Crippen LogP contribution is 2.39. The normalized spacial score (nSPS) is 20.7. The van der Waals surface area contributed by atoms with Gasteiger partial charge in [0.2, 0.25) is 0 Å². The van der Waals surface area contributed by atoms with Crippen LogP contribution in [0.5, 0.6) is 0 Å². The van der Waals surface area contributed by atoms with Crippen molar-refractivity contribution in [1.29, 1.82) is 0 Å². The van der Waals surface area contributed by atoms with Crippen LogP contribution in [0, 0.1) is 5.41 Å². The van der Waals surface area contributed by atoms with E-state index in [0.717, 1.165) is 6.07 Å². The van der Waals surface area contributed by atoms with Gasteiger partial charge in [-0.05, 0) is 23.6 Å². The molecule has 1 aliphatic heterocycles. The maximum absolute atomic E-state index is 13.3. The van der Waals surface area contributed by atoms with Crippen LogP contribution < -0.4 is 10.2 Å². The van der Waals surface area contributed by atoms with Gasteiger partial charge in [-0.25, -0.2) is 0 Å². The molecule has 0 amide bonds. The van der Waals surface area contributed by atoms with Crippen molar-refractivity contribution in [3.63, 3.8) is 0 Å². The number of nitrogens with zero attached hydrogens (tertiary/aromatic N) is 1. The second kappa shape index (κ2) is 5.80. The van der Waals surface area contributed by atoms with E-state index in [1.807, 2.05) is 4.90 Å². The fourth-order valence-electron chi connectivity index (χ4n) is 2.56. The van der Waals surface area contributed by atoms with Crippen LogP contribution in [-0.4, -0.2) is 25.7 Å². The first-order valence-electron chi connectivity index (χ1n) is 6.94. The second-order valence-corrected chi connectivity index (χ2v) is 7.39. The zero-order valence-electron chi connectivity index (χ0n) is 12.4. The van der Waals surface area contributed by atoms with Crippen molar-refractivity contribution in [1.82, 2.24) is 5.32 Å². The van der Waals surface area contributed by atoms with E-state index < -0.39 is 11.7 Å². The van der Waals surface area contributed by atoms with E-state index in [1.165, 1.54) is 0 Å². The van der Waals surface area contributed by atoms with Crippen LogP contribution in [0.2, 0.25) is 0 Å². The molecule has 118 valence electrons. The Labute approximate surface area is 131 Å². The summed E-state index contributed by atoms with van der Waals surface area (Å²) in [7, 11) is 0. The molecular weight excluding hydrogens is 345 g/mol. The molecule has 0 aromatic heterocycles. The van der Waals surface area contributed by atoms with Gasteiger partial charge in [0.25, 0.3) is 0 Å². The van der Waals surface area contributed by atoms with E-state index >= 15 is 0 Å². The number of nitrogens with one attached hydrogen (secondary N) is 1.